The molecule has 0 amide bonds. The van der Waals surface area contributed by atoms with Gasteiger partial charge in [-0.15, -0.1) is 0 Å². The maximum Gasteiger partial charge on any atom is 0.303 e. The molecule has 0 aromatic carbocycles. The Hall–Kier alpha value is -0.470. The van der Waals surface area contributed by atoms with E-state index in [0.717, 1.165) is 50.5 Å². The van der Waals surface area contributed by atoms with Gasteiger partial charge in [0.2, 0.25) is 0 Å². The molecule has 1 N–H and O–H groups in total. The van der Waals surface area contributed by atoms with Crippen molar-refractivity contribution in [3.05, 3.63) is 22.2 Å². The third-order valence-electron chi connectivity index (χ3n) is 4.31. The number of hydrogen-bond acceptors (Lipinski definition) is 1. The zero-order valence-corrected chi connectivity index (χ0v) is 16.7. The van der Waals surface area contributed by atoms with Gasteiger partial charge in [-0.25, -0.2) is 0 Å². The predicted octanol–water partition coefficient (Wildman–Crippen LogP) is 7.80. The summed E-state index contributed by atoms with van der Waals surface area (Å²) in [5.74, 6) is -0.700. The molecule has 0 saturated carbocycles. The fraction of sp³-hybridized carbons (Fsp3) is 0.750. The van der Waals surface area contributed by atoms with Gasteiger partial charge in [-0.05, 0) is 43.3 Å². The summed E-state index contributed by atoms with van der Waals surface area (Å²) in [7, 11) is 0. The van der Waals surface area contributed by atoms with Gasteiger partial charge in [-0.3, -0.25) is 4.79 Å². The van der Waals surface area contributed by atoms with E-state index in [0.29, 0.717) is 0 Å². The van der Waals surface area contributed by atoms with E-state index in [2.05, 4.69) is 6.92 Å². The topological polar surface area (TPSA) is 37.3 Å². The molecule has 0 spiro atoms. The number of halogens is 2. The molecule has 0 bridgehead atoms. The van der Waals surface area contributed by atoms with Crippen LogP contribution in [0.2, 0.25) is 0 Å². The molecule has 0 saturated heterocycles. The summed E-state index contributed by atoms with van der Waals surface area (Å²) in [6.07, 6.45) is 15.0. The molecule has 2 nitrogen and oxygen atoms in total. The van der Waals surface area contributed by atoms with Crippen molar-refractivity contribution in [3.8, 4) is 0 Å². The van der Waals surface area contributed by atoms with Crippen LogP contribution in [0.15, 0.2) is 22.2 Å². The van der Waals surface area contributed by atoms with Crippen molar-refractivity contribution in [1.29, 1.82) is 0 Å². The van der Waals surface area contributed by atoms with Crippen LogP contribution in [0.4, 0.5) is 0 Å². The molecule has 0 aliphatic carbocycles. The highest BCUT2D eigenvalue weighted by atomic mass is 35.5. The first-order chi connectivity index (χ1) is 11.7. The van der Waals surface area contributed by atoms with Crippen LogP contribution in [-0.4, -0.2) is 11.1 Å². The van der Waals surface area contributed by atoms with Crippen LogP contribution in [0.25, 0.3) is 0 Å². The Balaban J connectivity index is 3.85. The number of allylic oxidation sites excluding steroid dienone is 2. The first-order valence-corrected chi connectivity index (χ1v) is 10.3. The van der Waals surface area contributed by atoms with Gasteiger partial charge in [-0.1, -0.05) is 81.5 Å². The summed E-state index contributed by atoms with van der Waals surface area (Å²) in [5.41, 5.74) is 5.70. The SMILES string of the molecule is CCCCCCCCC(=CCl)C(=CCl)CCCCCCCC(=O)O. The summed E-state index contributed by atoms with van der Waals surface area (Å²) in [4.78, 5) is 10.4. The van der Waals surface area contributed by atoms with Crippen LogP contribution in [0.1, 0.15) is 96.8 Å². The van der Waals surface area contributed by atoms with Crippen molar-refractivity contribution >= 4 is 29.2 Å². The molecule has 0 unspecified atom stereocenters. The van der Waals surface area contributed by atoms with Gasteiger partial charge in [-0.2, -0.15) is 0 Å². The van der Waals surface area contributed by atoms with Gasteiger partial charge in [0.15, 0.2) is 0 Å². The fourth-order valence-electron chi connectivity index (χ4n) is 2.79. The van der Waals surface area contributed by atoms with Gasteiger partial charge in [0.1, 0.15) is 0 Å². The average molecular weight is 377 g/mol. The predicted molar refractivity (Wildman–Crippen MR) is 106 cm³/mol. The molecule has 0 radical (unpaired) electrons. The molecule has 4 heteroatoms. The molecule has 0 aliphatic rings. The van der Waals surface area contributed by atoms with Gasteiger partial charge in [0.25, 0.3) is 0 Å². The summed E-state index contributed by atoms with van der Waals surface area (Å²) in [6, 6.07) is 0. The van der Waals surface area contributed by atoms with Crippen LogP contribution in [-0.2, 0) is 4.79 Å². The minimum absolute atomic E-state index is 0.282. The van der Waals surface area contributed by atoms with Crippen LogP contribution in [0, 0.1) is 0 Å². The second-order valence-electron chi connectivity index (χ2n) is 6.45. The molecule has 140 valence electrons. The van der Waals surface area contributed by atoms with Gasteiger partial charge in [0, 0.05) is 17.5 Å². The monoisotopic (exact) mass is 376 g/mol. The number of carbonyl (C=O) groups is 1. The van der Waals surface area contributed by atoms with E-state index in [1.807, 2.05) is 0 Å². The summed E-state index contributed by atoms with van der Waals surface area (Å²) >= 11 is 12.0. The lowest BCUT2D eigenvalue weighted by Gasteiger charge is -2.11. The highest BCUT2D eigenvalue weighted by molar-refractivity contribution is 6.27. The van der Waals surface area contributed by atoms with Crippen LogP contribution in [0.3, 0.4) is 0 Å². The summed E-state index contributed by atoms with van der Waals surface area (Å²) in [5, 5.41) is 8.60. The number of carboxylic acids is 1. The highest BCUT2D eigenvalue weighted by Crippen LogP contribution is 2.25. The number of aliphatic carboxylic acids is 1. The molecular formula is C20H34Cl2O2. The number of carboxylic acid groups (broad SMARTS) is 1. The lowest BCUT2D eigenvalue weighted by atomic mass is 9.97. The number of rotatable bonds is 16. The highest BCUT2D eigenvalue weighted by Gasteiger charge is 2.05. The lowest BCUT2D eigenvalue weighted by Crippen LogP contribution is -1.94. The Morgan fingerprint density at radius 2 is 1.08 bits per heavy atom. The van der Waals surface area contributed by atoms with E-state index in [4.69, 9.17) is 28.3 Å². The summed E-state index contributed by atoms with van der Waals surface area (Å²) < 4.78 is 0. The van der Waals surface area contributed by atoms with Gasteiger partial charge < -0.3 is 5.11 Å². The Kier molecular flexibility index (Phi) is 17.0. The normalized spacial score (nSPS) is 12.6. The van der Waals surface area contributed by atoms with Crippen LogP contribution < -0.4 is 0 Å². The minimum atomic E-state index is -0.700. The molecule has 0 aliphatic heterocycles. The Bertz CT molecular complexity index is 376. The zero-order valence-electron chi connectivity index (χ0n) is 15.2. The van der Waals surface area contributed by atoms with Crippen molar-refractivity contribution in [1.82, 2.24) is 0 Å². The molecule has 0 aromatic heterocycles. The van der Waals surface area contributed by atoms with Gasteiger partial charge >= 0.3 is 5.97 Å². The Morgan fingerprint density at radius 3 is 1.46 bits per heavy atom. The second-order valence-corrected chi connectivity index (χ2v) is 6.88. The third kappa shape index (κ3) is 13.9. The molecule has 0 atom stereocenters. The van der Waals surface area contributed by atoms with Crippen molar-refractivity contribution in [2.45, 2.75) is 96.8 Å². The minimum Gasteiger partial charge on any atom is -0.481 e. The van der Waals surface area contributed by atoms with E-state index in [1.165, 1.54) is 44.1 Å². The van der Waals surface area contributed by atoms with Crippen molar-refractivity contribution < 1.29 is 9.90 Å². The van der Waals surface area contributed by atoms with Crippen molar-refractivity contribution in [3.63, 3.8) is 0 Å². The van der Waals surface area contributed by atoms with Crippen molar-refractivity contribution in [2.24, 2.45) is 0 Å². The third-order valence-corrected chi connectivity index (χ3v) is 4.84. The molecule has 0 fully saturated rings. The first-order valence-electron chi connectivity index (χ1n) is 9.46. The van der Waals surface area contributed by atoms with E-state index in [1.54, 1.807) is 11.1 Å². The van der Waals surface area contributed by atoms with E-state index in [-0.39, 0.29) is 6.42 Å². The van der Waals surface area contributed by atoms with E-state index < -0.39 is 5.97 Å². The van der Waals surface area contributed by atoms with E-state index in [9.17, 15) is 4.79 Å². The van der Waals surface area contributed by atoms with Crippen molar-refractivity contribution in [2.75, 3.05) is 0 Å². The van der Waals surface area contributed by atoms with Crippen LogP contribution in [0.5, 0.6) is 0 Å². The number of hydrogen-bond donors (Lipinski definition) is 1. The zero-order chi connectivity index (χ0) is 18.0. The molecule has 0 aromatic rings. The lowest BCUT2D eigenvalue weighted by molar-refractivity contribution is -0.137. The fourth-order valence-corrected chi connectivity index (χ4v) is 3.29. The molecular weight excluding hydrogens is 343 g/mol. The maximum atomic E-state index is 10.4. The quantitative estimate of drug-likeness (QED) is 0.220. The van der Waals surface area contributed by atoms with Gasteiger partial charge in [0.05, 0.1) is 0 Å². The smallest absolute Gasteiger partial charge is 0.303 e. The largest absolute Gasteiger partial charge is 0.481 e. The number of unbranched alkanes of at least 4 members (excludes halogenated alkanes) is 9. The average Bonchev–Trinajstić information content (AvgIpc) is 2.57. The molecule has 24 heavy (non-hydrogen) atoms. The van der Waals surface area contributed by atoms with Crippen LogP contribution >= 0.6 is 23.2 Å². The molecule has 0 rings (SSSR count). The first kappa shape index (κ1) is 23.5. The Labute approximate surface area is 158 Å². The second kappa shape index (κ2) is 17.4. The van der Waals surface area contributed by atoms with E-state index >= 15 is 0 Å². The Morgan fingerprint density at radius 1 is 0.708 bits per heavy atom. The maximum absolute atomic E-state index is 10.4. The summed E-state index contributed by atoms with van der Waals surface area (Å²) in [6.45, 7) is 2.23. The standard InChI is InChI=1S/C20H34Cl2O2/c1-2-3-4-5-7-10-13-18(16-21)19(17-22)14-11-8-6-9-12-15-20(23)24/h16-17H,2-15H2,1H3,(H,23,24). The molecule has 0 heterocycles.